The summed E-state index contributed by atoms with van der Waals surface area (Å²) in [5, 5.41) is 2.90. The lowest BCUT2D eigenvalue weighted by Gasteiger charge is -2.05. The van der Waals surface area contributed by atoms with Crippen molar-refractivity contribution in [1.29, 1.82) is 0 Å². The largest absolute Gasteiger partial charge is 0.497 e. The Labute approximate surface area is 158 Å². The molecular formula is C21H22N2O4. The Morgan fingerprint density at radius 2 is 1.81 bits per heavy atom. The predicted octanol–water partition coefficient (Wildman–Crippen LogP) is 3.53. The van der Waals surface area contributed by atoms with Crippen molar-refractivity contribution in [3.8, 4) is 23.0 Å². The molecule has 0 bridgehead atoms. The van der Waals surface area contributed by atoms with Crippen molar-refractivity contribution in [3.63, 3.8) is 0 Å². The first-order chi connectivity index (χ1) is 13.1. The quantitative estimate of drug-likeness (QED) is 0.692. The molecule has 0 spiro atoms. The van der Waals surface area contributed by atoms with Crippen molar-refractivity contribution in [1.82, 2.24) is 10.3 Å². The van der Waals surface area contributed by atoms with Crippen LogP contribution in [0.5, 0.6) is 11.5 Å². The Bertz CT molecular complexity index is 916. The summed E-state index contributed by atoms with van der Waals surface area (Å²) in [4.78, 5) is 16.7. The molecule has 6 nitrogen and oxygen atoms in total. The van der Waals surface area contributed by atoms with Gasteiger partial charge in [-0.3, -0.25) is 4.79 Å². The molecular weight excluding hydrogens is 344 g/mol. The molecule has 1 N–H and O–H groups in total. The van der Waals surface area contributed by atoms with Gasteiger partial charge in [-0.05, 0) is 42.8 Å². The van der Waals surface area contributed by atoms with Crippen molar-refractivity contribution < 1.29 is 18.7 Å². The summed E-state index contributed by atoms with van der Waals surface area (Å²) in [6, 6.07) is 15.0. The summed E-state index contributed by atoms with van der Waals surface area (Å²) < 4.78 is 16.1. The van der Waals surface area contributed by atoms with Crippen LogP contribution in [0.3, 0.4) is 0 Å². The Morgan fingerprint density at radius 3 is 2.52 bits per heavy atom. The molecule has 0 unspecified atom stereocenters. The van der Waals surface area contributed by atoms with E-state index in [2.05, 4.69) is 10.3 Å². The van der Waals surface area contributed by atoms with E-state index < -0.39 is 0 Å². The SMILES string of the molecule is COc1ccc(CNC(=O)Cc2nc(-c3cccc(OC)c3)oc2C)cc1. The number of aryl methyl sites for hydroxylation is 1. The van der Waals surface area contributed by atoms with Crippen LogP contribution in [-0.4, -0.2) is 25.1 Å². The number of hydrogen-bond donors (Lipinski definition) is 1. The third kappa shape index (κ3) is 4.67. The predicted molar refractivity (Wildman–Crippen MR) is 102 cm³/mol. The minimum Gasteiger partial charge on any atom is -0.497 e. The number of ether oxygens (including phenoxy) is 2. The number of aromatic nitrogens is 1. The second kappa shape index (κ2) is 8.40. The fourth-order valence-electron chi connectivity index (χ4n) is 2.63. The van der Waals surface area contributed by atoms with Gasteiger partial charge in [-0.2, -0.15) is 0 Å². The van der Waals surface area contributed by atoms with E-state index in [1.54, 1.807) is 14.2 Å². The summed E-state index contributed by atoms with van der Waals surface area (Å²) in [7, 11) is 3.23. The molecule has 0 radical (unpaired) electrons. The van der Waals surface area contributed by atoms with E-state index in [9.17, 15) is 4.79 Å². The zero-order chi connectivity index (χ0) is 19.2. The minimum atomic E-state index is -0.112. The van der Waals surface area contributed by atoms with Crippen LogP contribution in [-0.2, 0) is 17.8 Å². The van der Waals surface area contributed by atoms with Crippen molar-refractivity contribution in [2.75, 3.05) is 14.2 Å². The number of hydrogen-bond acceptors (Lipinski definition) is 5. The van der Waals surface area contributed by atoms with Gasteiger partial charge in [0.15, 0.2) is 0 Å². The minimum absolute atomic E-state index is 0.112. The Hall–Kier alpha value is -3.28. The van der Waals surface area contributed by atoms with Crippen LogP contribution in [0.25, 0.3) is 11.5 Å². The van der Waals surface area contributed by atoms with Crippen LogP contribution in [0.2, 0.25) is 0 Å². The van der Waals surface area contributed by atoms with Gasteiger partial charge in [-0.15, -0.1) is 0 Å². The third-order valence-corrected chi connectivity index (χ3v) is 4.19. The molecule has 0 aliphatic carbocycles. The lowest BCUT2D eigenvalue weighted by Crippen LogP contribution is -2.24. The average Bonchev–Trinajstić information content (AvgIpc) is 3.07. The lowest BCUT2D eigenvalue weighted by molar-refractivity contribution is -0.120. The van der Waals surface area contributed by atoms with E-state index in [1.165, 1.54) is 0 Å². The third-order valence-electron chi connectivity index (χ3n) is 4.19. The summed E-state index contributed by atoms with van der Waals surface area (Å²) in [5.74, 6) is 2.51. The van der Waals surface area contributed by atoms with Gasteiger partial charge < -0.3 is 19.2 Å². The van der Waals surface area contributed by atoms with Gasteiger partial charge in [0.2, 0.25) is 11.8 Å². The van der Waals surface area contributed by atoms with Crippen LogP contribution in [0.1, 0.15) is 17.0 Å². The molecule has 1 heterocycles. The van der Waals surface area contributed by atoms with E-state index >= 15 is 0 Å². The molecule has 2 aromatic carbocycles. The topological polar surface area (TPSA) is 73.6 Å². The molecule has 0 fully saturated rings. The molecule has 1 aromatic heterocycles. The number of carbonyl (C=O) groups excluding carboxylic acids is 1. The van der Waals surface area contributed by atoms with E-state index in [1.807, 2.05) is 55.5 Å². The molecule has 6 heteroatoms. The average molecular weight is 366 g/mol. The van der Waals surface area contributed by atoms with Gasteiger partial charge in [0.1, 0.15) is 17.3 Å². The molecule has 27 heavy (non-hydrogen) atoms. The number of methoxy groups -OCH3 is 2. The first-order valence-electron chi connectivity index (χ1n) is 8.59. The standard InChI is InChI=1S/C21H22N2O4/c1-14-19(23-21(27-14)16-5-4-6-18(11-16)26-3)12-20(24)22-13-15-7-9-17(25-2)10-8-15/h4-11H,12-13H2,1-3H3,(H,22,24). The van der Waals surface area contributed by atoms with Crippen LogP contribution < -0.4 is 14.8 Å². The van der Waals surface area contributed by atoms with Crippen LogP contribution in [0, 0.1) is 6.92 Å². The summed E-state index contributed by atoms with van der Waals surface area (Å²) >= 11 is 0. The molecule has 0 saturated carbocycles. The maximum atomic E-state index is 12.3. The number of nitrogens with one attached hydrogen (secondary N) is 1. The van der Waals surface area contributed by atoms with E-state index in [0.29, 0.717) is 23.9 Å². The highest BCUT2D eigenvalue weighted by molar-refractivity contribution is 5.78. The number of carbonyl (C=O) groups is 1. The second-order valence-corrected chi connectivity index (χ2v) is 6.06. The second-order valence-electron chi connectivity index (χ2n) is 6.06. The van der Waals surface area contributed by atoms with Crippen molar-refractivity contribution in [2.24, 2.45) is 0 Å². The van der Waals surface area contributed by atoms with Crippen molar-refractivity contribution in [3.05, 3.63) is 65.5 Å². The van der Waals surface area contributed by atoms with Crippen LogP contribution in [0.15, 0.2) is 52.9 Å². The summed E-state index contributed by atoms with van der Waals surface area (Å²) in [5.41, 5.74) is 2.43. The Kier molecular flexibility index (Phi) is 5.76. The van der Waals surface area contributed by atoms with Crippen LogP contribution in [0.4, 0.5) is 0 Å². The van der Waals surface area contributed by atoms with Gasteiger partial charge in [-0.1, -0.05) is 18.2 Å². The molecule has 3 aromatic rings. The number of nitrogens with zero attached hydrogens (tertiary/aromatic N) is 1. The lowest BCUT2D eigenvalue weighted by atomic mass is 10.2. The van der Waals surface area contributed by atoms with Crippen LogP contribution >= 0.6 is 0 Å². The number of rotatable bonds is 7. The highest BCUT2D eigenvalue weighted by atomic mass is 16.5. The highest BCUT2D eigenvalue weighted by Crippen LogP contribution is 2.25. The van der Waals surface area contributed by atoms with Crippen molar-refractivity contribution in [2.45, 2.75) is 19.9 Å². The zero-order valence-electron chi connectivity index (χ0n) is 15.6. The fourth-order valence-corrected chi connectivity index (χ4v) is 2.63. The van der Waals surface area contributed by atoms with Gasteiger partial charge in [0.05, 0.1) is 26.3 Å². The molecule has 0 aliphatic rings. The van der Waals surface area contributed by atoms with Gasteiger partial charge >= 0.3 is 0 Å². The van der Waals surface area contributed by atoms with Gasteiger partial charge in [-0.25, -0.2) is 4.98 Å². The van der Waals surface area contributed by atoms with E-state index in [0.717, 1.165) is 22.6 Å². The first kappa shape index (κ1) is 18.5. The molecule has 0 atom stereocenters. The number of oxazole rings is 1. The van der Waals surface area contributed by atoms with Gasteiger partial charge in [0.25, 0.3) is 0 Å². The monoisotopic (exact) mass is 366 g/mol. The highest BCUT2D eigenvalue weighted by Gasteiger charge is 2.15. The zero-order valence-corrected chi connectivity index (χ0v) is 15.6. The molecule has 3 rings (SSSR count). The maximum Gasteiger partial charge on any atom is 0.226 e. The van der Waals surface area contributed by atoms with Gasteiger partial charge in [0, 0.05) is 12.1 Å². The van der Waals surface area contributed by atoms with E-state index in [4.69, 9.17) is 13.9 Å². The number of amides is 1. The first-order valence-corrected chi connectivity index (χ1v) is 8.59. The smallest absolute Gasteiger partial charge is 0.226 e. The Balaban J connectivity index is 1.63. The van der Waals surface area contributed by atoms with E-state index in [-0.39, 0.29) is 12.3 Å². The Morgan fingerprint density at radius 1 is 1.07 bits per heavy atom. The molecule has 140 valence electrons. The number of benzene rings is 2. The fraction of sp³-hybridized carbons (Fsp3) is 0.238. The summed E-state index contributed by atoms with van der Waals surface area (Å²) in [6.45, 7) is 2.26. The van der Waals surface area contributed by atoms with Crippen molar-refractivity contribution >= 4 is 5.91 Å². The summed E-state index contributed by atoms with van der Waals surface area (Å²) in [6.07, 6.45) is 0.162. The molecule has 0 aliphatic heterocycles. The molecule has 0 saturated heterocycles. The normalized spacial score (nSPS) is 10.5. The maximum absolute atomic E-state index is 12.3. The molecule has 1 amide bonds.